The van der Waals surface area contributed by atoms with Crippen LogP contribution in [-0.4, -0.2) is 19.1 Å². The van der Waals surface area contributed by atoms with Crippen molar-refractivity contribution >= 4 is 17.3 Å². The number of nitrogens with one attached hydrogen (secondary N) is 2. The van der Waals surface area contributed by atoms with E-state index in [4.69, 9.17) is 9.47 Å². The normalized spacial score (nSPS) is 11.4. The maximum atomic E-state index is 13.2. The van der Waals surface area contributed by atoms with Gasteiger partial charge in [-0.2, -0.15) is 0 Å². The number of carbonyl (C=O) groups is 1. The van der Waals surface area contributed by atoms with Crippen molar-refractivity contribution in [1.29, 1.82) is 0 Å². The first kappa shape index (κ1) is 21.2. The van der Waals surface area contributed by atoms with E-state index in [2.05, 4.69) is 10.6 Å². The van der Waals surface area contributed by atoms with Gasteiger partial charge in [-0.1, -0.05) is 48.0 Å². The summed E-state index contributed by atoms with van der Waals surface area (Å²) in [6, 6.07) is 22.4. The molecular weight excluding hydrogens is 376 g/mol. The van der Waals surface area contributed by atoms with E-state index < -0.39 is 6.04 Å². The highest BCUT2D eigenvalue weighted by molar-refractivity contribution is 5.97. The molecular formula is C25H28N2O3. The summed E-state index contributed by atoms with van der Waals surface area (Å²) in [6.07, 6.45) is 0. The zero-order valence-electron chi connectivity index (χ0n) is 17.6. The molecule has 0 aromatic heterocycles. The fraction of sp³-hybridized carbons (Fsp3) is 0.240. The van der Waals surface area contributed by atoms with Crippen LogP contribution < -0.4 is 20.1 Å². The first-order valence-corrected chi connectivity index (χ1v) is 10.2. The third-order valence-corrected chi connectivity index (χ3v) is 4.57. The molecule has 30 heavy (non-hydrogen) atoms. The number of amides is 1. The molecule has 156 valence electrons. The Morgan fingerprint density at radius 2 is 1.47 bits per heavy atom. The lowest BCUT2D eigenvalue weighted by Crippen LogP contribution is -2.27. The molecule has 5 heteroatoms. The minimum Gasteiger partial charge on any atom is -0.490 e. The van der Waals surface area contributed by atoms with E-state index in [1.165, 1.54) is 0 Å². The highest BCUT2D eigenvalue weighted by Gasteiger charge is 2.21. The fourth-order valence-electron chi connectivity index (χ4n) is 3.10. The van der Waals surface area contributed by atoms with Gasteiger partial charge in [0.1, 0.15) is 6.04 Å². The van der Waals surface area contributed by atoms with Crippen LogP contribution in [0.15, 0.2) is 72.8 Å². The number of hydrogen-bond donors (Lipinski definition) is 2. The van der Waals surface area contributed by atoms with E-state index in [0.29, 0.717) is 24.7 Å². The van der Waals surface area contributed by atoms with Crippen LogP contribution in [0.4, 0.5) is 11.4 Å². The molecule has 0 heterocycles. The summed E-state index contributed by atoms with van der Waals surface area (Å²) >= 11 is 0. The first-order chi connectivity index (χ1) is 14.6. The smallest absolute Gasteiger partial charge is 0.251 e. The Kier molecular flexibility index (Phi) is 7.33. The SMILES string of the molecule is CCOc1ccc(N[C@@H](C(=O)Nc2ccc(C)cc2)c2ccccc2)cc1OCC. The number of anilines is 2. The van der Waals surface area contributed by atoms with Gasteiger partial charge >= 0.3 is 0 Å². The van der Waals surface area contributed by atoms with Crippen molar-refractivity contribution in [1.82, 2.24) is 0 Å². The Balaban J connectivity index is 1.87. The minimum absolute atomic E-state index is 0.142. The largest absolute Gasteiger partial charge is 0.490 e. The molecule has 0 aliphatic carbocycles. The van der Waals surface area contributed by atoms with E-state index in [1.54, 1.807) is 0 Å². The second-order valence-electron chi connectivity index (χ2n) is 6.87. The second kappa shape index (κ2) is 10.3. The number of benzene rings is 3. The third kappa shape index (κ3) is 5.54. The Bertz CT molecular complexity index is 956. The monoisotopic (exact) mass is 404 g/mol. The molecule has 1 amide bonds. The first-order valence-electron chi connectivity index (χ1n) is 10.2. The summed E-state index contributed by atoms with van der Waals surface area (Å²) in [7, 11) is 0. The topological polar surface area (TPSA) is 59.6 Å². The number of rotatable bonds is 9. The van der Waals surface area contributed by atoms with E-state index in [1.807, 2.05) is 93.6 Å². The molecule has 0 radical (unpaired) electrons. The number of ether oxygens (including phenoxy) is 2. The third-order valence-electron chi connectivity index (χ3n) is 4.57. The number of hydrogen-bond acceptors (Lipinski definition) is 4. The van der Waals surface area contributed by atoms with E-state index >= 15 is 0 Å². The van der Waals surface area contributed by atoms with Gasteiger partial charge in [0, 0.05) is 17.4 Å². The molecule has 3 aromatic rings. The van der Waals surface area contributed by atoms with Crippen LogP contribution in [0.2, 0.25) is 0 Å². The average molecular weight is 405 g/mol. The van der Waals surface area contributed by atoms with Crippen LogP contribution in [-0.2, 0) is 4.79 Å². The Morgan fingerprint density at radius 3 is 2.13 bits per heavy atom. The minimum atomic E-state index is -0.570. The molecule has 0 unspecified atom stereocenters. The summed E-state index contributed by atoms with van der Waals surface area (Å²) < 4.78 is 11.4. The zero-order chi connectivity index (χ0) is 21.3. The van der Waals surface area contributed by atoms with Crippen LogP contribution in [0.1, 0.15) is 31.0 Å². The van der Waals surface area contributed by atoms with Crippen LogP contribution in [0.5, 0.6) is 11.5 Å². The van der Waals surface area contributed by atoms with Crippen LogP contribution >= 0.6 is 0 Å². The van der Waals surface area contributed by atoms with Gasteiger partial charge in [-0.15, -0.1) is 0 Å². The van der Waals surface area contributed by atoms with E-state index in [0.717, 1.165) is 22.5 Å². The second-order valence-corrected chi connectivity index (χ2v) is 6.87. The number of carbonyl (C=O) groups excluding carboxylic acids is 1. The summed E-state index contributed by atoms with van der Waals surface area (Å²) in [4.78, 5) is 13.2. The molecule has 3 aromatic carbocycles. The summed E-state index contributed by atoms with van der Waals surface area (Å²) in [5, 5.41) is 6.35. The molecule has 1 atom stereocenters. The maximum Gasteiger partial charge on any atom is 0.251 e. The molecule has 2 N–H and O–H groups in total. The Hall–Kier alpha value is -3.47. The van der Waals surface area contributed by atoms with Crippen molar-refractivity contribution in [2.75, 3.05) is 23.8 Å². The van der Waals surface area contributed by atoms with Crippen molar-refractivity contribution in [3.63, 3.8) is 0 Å². The van der Waals surface area contributed by atoms with Gasteiger partial charge < -0.3 is 20.1 Å². The van der Waals surface area contributed by atoms with Gasteiger partial charge in [-0.05, 0) is 50.6 Å². The summed E-state index contributed by atoms with van der Waals surface area (Å²) in [6.45, 7) is 6.96. The van der Waals surface area contributed by atoms with Gasteiger partial charge in [-0.3, -0.25) is 4.79 Å². The Labute approximate surface area is 178 Å². The predicted molar refractivity (Wildman–Crippen MR) is 121 cm³/mol. The van der Waals surface area contributed by atoms with Gasteiger partial charge in [-0.25, -0.2) is 0 Å². The summed E-state index contributed by atoms with van der Waals surface area (Å²) in [5.41, 5.74) is 3.54. The summed E-state index contributed by atoms with van der Waals surface area (Å²) in [5.74, 6) is 1.19. The van der Waals surface area contributed by atoms with E-state index in [-0.39, 0.29) is 5.91 Å². The molecule has 0 spiro atoms. The quantitative estimate of drug-likeness (QED) is 0.488. The van der Waals surface area contributed by atoms with Crippen LogP contribution in [0.25, 0.3) is 0 Å². The molecule has 0 aliphatic rings. The lowest BCUT2D eigenvalue weighted by Gasteiger charge is -2.21. The lowest BCUT2D eigenvalue weighted by molar-refractivity contribution is -0.117. The standard InChI is InChI=1S/C25H28N2O3/c1-4-29-22-16-15-21(17-23(22)30-5-2)26-24(19-9-7-6-8-10-19)25(28)27-20-13-11-18(3)12-14-20/h6-17,24,26H,4-5H2,1-3H3,(H,27,28)/t24-/m1/s1. The highest BCUT2D eigenvalue weighted by Crippen LogP contribution is 2.32. The van der Waals surface area contributed by atoms with Gasteiger partial charge in [0.25, 0.3) is 5.91 Å². The van der Waals surface area contributed by atoms with Crippen molar-refractivity contribution in [3.8, 4) is 11.5 Å². The maximum absolute atomic E-state index is 13.2. The van der Waals surface area contributed by atoms with Gasteiger partial charge in [0.15, 0.2) is 11.5 Å². The molecule has 0 saturated heterocycles. The fourth-order valence-corrected chi connectivity index (χ4v) is 3.10. The van der Waals surface area contributed by atoms with Gasteiger partial charge in [0.2, 0.25) is 0 Å². The molecule has 5 nitrogen and oxygen atoms in total. The molecule has 3 rings (SSSR count). The lowest BCUT2D eigenvalue weighted by atomic mass is 10.1. The molecule has 0 fully saturated rings. The van der Waals surface area contributed by atoms with Crippen LogP contribution in [0, 0.1) is 6.92 Å². The predicted octanol–water partition coefficient (Wildman–Crippen LogP) is 5.58. The zero-order valence-corrected chi connectivity index (χ0v) is 17.6. The molecule has 0 saturated carbocycles. The van der Waals surface area contributed by atoms with Crippen molar-refractivity contribution < 1.29 is 14.3 Å². The van der Waals surface area contributed by atoms with Crippen molar-refractivity contribution in [3.05, 3.63) is 83.9 Å². The van der Waals surface area contributed by atoms with Crippen LogP contribution in [0.3, 0.4) is 0 Å². The molecule has 0 bridgehead atoms. The van der Waals surface area contributed by atoms with Crippen molar-refractivity contribution in [2.24, 2.45) is 0 Å². The Morgan fingerprint density at radius 1 is 0.833 bits per heavy atom. The van der Waals surface area contributed by atoms with Gasteiger partial charge in [0.05, 0.1) is 13.2 Å². The average Bonchev–Trinajstić information content (AvgIpc) is 2.76. The highest BCUT2D eigenvalue weighted by atomic mass is 16.5. The van der Waals surface area contributed by atoms with E-state index in [9.17, 15) is 4.79 Å². The van der Waals surface area contributed by atoms with Crippen molar-refractivity contribution in [2.45, 2.75) is 26.8 Å². The molecule has 0 aliphatic heterocycles. The number of aryl methyl sites for hydroxylation is 1.